The second kappa shape index (κ2) is 4.86. The lowest BCUT2D eigenvalue weighted by Gasteiger charge is -2.25. The lowest BCUT2D eigenvalue weighted by atomic mass is 9.84. The van der Waals surface area contributed by atoms with E-state index in [1.165, 1.54) is 0 Å². The van der Waals surface area contributed by atoms with Crippen LogP contribution < -0.4 is 10.5 Å². The molecule has 0 spiro atoms. The molecule has 0 aromatic heterocycles. The molecule has 0 aliphatic rings. The van der Waals surface area contributed by atoms with E-state index in [4.69, 9.17) is 22.1 Å². The standard InChI is InChI=1S/C12H18ClNO/c1-4-15-11-6-5-9(13)7-10(11)12(2,3)8-14/h5-7H,4,8,14H2,1-3H3. The maximum atomic E-state index is 5.98. The lowest BCUT2D eigenvalue weighted by molar-refractivity contribution is 0.328. The van der Waals surface area contributed by atoms with Crippen LogP contribution in [-0.4, -0.2) is 13.2 Å². The molecule has 3 heteroatoms. The highest BCUT2D eigenvalue weighted by molar-refractivity contribution is 6.30. The topological polar surface area (TPSA) is 35.2 Å². The van der Waals surface area contributed by atoms with Crippen molar-refractivity contribution in [3.63, 3.8) is 0 Å². The minimum atomic E-state index is -0.116. The first-order valence-corrected chi connectivity index (χ1v) is 5.52. The van der Waals surface area contributed by atoms with Gasteiger partial charge in [0, 0.05) is 22.5 Å². The Labute approximate surface area is 96.4 Å². The maximum Gasteiger partial charge on any atom is 0.123 e. The van der Waals surface area contributed by atoms with Gasteiger partial charge in [0.25, 0.3) is 0 Å². The van der Waals surface area contributed by atoms with Crippen LogP contribution in [0, 0.1) is 0 Å². The molecule has 0 saturated carbocycles. The van der Waals surface area contributed by atoms with Gasteiger partial charge in [0.2, 0.25) is 0 Å². The van der Waals surface area contributed by atoms with E-state index < -0.39 is 0 Å². The highest BCUT2D eigenvalue weighted by atomic mass is 35.5. The van der Waals surface area contributed by atoms with Gasteiger partial charge in [0.05, 0.1) is 6.61 Å². The highest BCUT2D eigenvalue weighted by Gasteiger charge is 2.23. The highest BCUT2D eigenvalue weighted by Crippen LogP contribution is 2.33. The average Bonchev–Trinajstić information content (AvgIpc) is 2.21. The fraction of sp³-hybridized carbons (Fsp3) is 0.500. The van der Waals surface area contributed by atoms with Crippen molar-refractivity contribution >= 4 is 11.6 Å². The third-order valence-electron chi connectivity index (χ3n) is 2.48. The molecule has 0 aliphatic heterocycles. The molecule has 0 radical (unpaired) electrons. The van der Waals surface area contributed by atoms with Gasteiger partial charge < -0.3 is 10.5 Å². The second-order valence-electron chi connectivity index (χ2n) is 4.16. The summed E-state index contributed by atoms with van der Waals surface area (Å²) < 4.78 is 5.57. The number of hydrogen-bond donors (Lipinski definition) is 1. The van der Waals surface area contributed by atoms with Crippen LogP contribution in [0.15, 0.2) is 18.2 Å². The summed E-state index contributed by atoms with van der Waals surface area (Å²) in [5, 5.41) is 0.718. The number of ether oxygens (including phenoxy) is 1. The molecular weight excluding hydrogens is 210 g/mol. The van der Waals surface area contributed by atoms with Gasteiger partial charge in [-0.2, -0.15) is 0 Å². The largest absolute Gasteiger partial charge is 0.494 e. The summed E-state index contributed by atoms with van der Waals surface area (Å²) in [6.45, 7) is 7.35. The van der Waals surface area contributed by atoms with Crippen LogP contribution in [0.5, 0.6) is 5.75 Å². The Bertz CT molecular complexity index is 336. The average molecular weight is 228 g/mol. The summed E-state index contributed by atoms with van der Waals surface area (Å²) >= 11 is 5.98. The van der Waals surface area contributed by atoms with Gasteiger partial charge in [-0.3, -0.25) is 0 Å². The third kappa shape index (κ3) is 2.86. The lowest BCUT2D eigenvalue weighted by Crippen LogP contribution is -2.28. The van der Waals surface area contributed by atoms with E-state index in [2.05, 4.69) is 13.8 Å². The molecule has 15 heavy (non-hydrogen) atoms. The van der Waals surface area contributed by atoms with Crippen LogP contribution in [0.4, 0.5) is 0 Å². The van der Waals surface area contributed by atoms with Gasteiger partial charge in [-0.05, 0) is 25.1 Å². The SMILES string of the molecule is CCOc1ccc(Cl)cc1C(C)(C)CN. The Kier molecular flexibility index (Phi) is 4.00. The molecule has 0 amide bonds. The summed E-state index contributed by atoms with van der Waals surface area (Å²) in [4.78, 5) is 0. The first-order chi connectivity index (χ1) is 7.01. The summed E-state index contributed by atoms with van der Waals surface area (Å²) in [7, 11) is 0. The van der Waals surface area contributed by atoms with Gasteiger partial charge in [0.15, 0.2) is 0 Å². The summed E-state index contributed by atoms with van der Waals surface area (Å²) in [6, 6.07) is 5.67. The first kappa shape index (κ1) is 12.3. The minimum absolute atomic E-state index is 0.116. The van der Waals surface area contributed by atoms with Crippen LogP contribution in [0.2, 0.25) is 5.02 Å². The van der Waals surface area contributed by atoms with E-state index >= 15 is 0 Å². The van der Waals surface area contributed by atoms with Crippen molar-refractivity contribution in [1.82, 2.24) is 0 Å². The third-order valence-corrected chi connectivity index (χ3v) is 2.72. The quantitative estimate of drug-likeness (QED) is 0.859. The molecule has 0 heterocycles. The fourth-order valence-corrected chi connectivity index (χ4v) is 1.59. The molecule has 84 valence electrons. The molecule has 0 bridgehead atoms. The molecule has 2 N–H and O–H groups in total. The zero-order valence-corrected chi connectivity index (χ0v) is 10.3. The van der Waals surface area contributed by atoms with E-state index in [9.17, 15) is 0 Å². The van der Waals surface area contributed by atoms with Crippen molar-refractivity contribution in [3.05, 3.63) is 28.8 Å². The van der Waals surface area contributed by atoms with Gasteiger partial charge >= 0.3 is 0 Å². The van der Waals surface area contributed by atoms with Crippen LogP contribution in [0.25, 0.3) is 0 Å². The van der Waals surface area contributed by atoms with Crippen molar-refractivity contribution in [1.29, 1.82) is 0 Å². The van der Waals surface area contributed by atoms with Gasteiger partial charge in [0.1, 0.15) is 5.75 Å². The molecule has 0 atom stereocenters. The number of rotatable bonds is 4. The molecule has 1 aromatic rings. The smallest absolute Gasteiger partial charge is 0.123 e. The summed E-state index contributed by atoms with van der Waals surface area (Å²) in [5.74, 6) is 0.873. The Morgan fingerprint density at radius 1 is 1.40 bits per heavy atom. The van der Waals surface area contributed by atoms with Crippen molar-refractivity contribution in [3.8, 4) is 5.75 Å². The summed E-state index contributed by atoms with van der Waals surface area (Å²) in [6.07, 6.45) is 0. The first-order valence-electron chi connectivity index (χ1n) is 5.14. The maximum absolute atomic E-state index is 5.98. The predicted octanol–water partition coefficient (Wildman–Crippen LogP) is 2.98. The van der Waals surface area contributed by atoms with E-state index in [-0.39, 0.29) is 5.41 Å². The summed E-state index contributed by atoms with van der Waals surface area (Å²) in [5.41, 5.74) is 6.71. The minimum Gasteiger partial charge on any atom is -0.494 e. The molecule has 1 rings (SSSR count). The van der Waals surface area contributed by atoms with Gasteiger partial charge in [-0.15, -0.1) is 0 Å². The Hall–Kier alpha value is -0.730. The molecule has 1 aromatic carbocycles. The second-order valence-corrected chi connectivity index (χ2v) is 4.60. The Morgan fingerprint density at radius 2 is 2.07 bits per heavy atom. The molecule has 2 nitrogen and oxygen atoms in total. The molecule has 0 unspecified atom stereocenters. The Morgan fingerprint density at radius 3 is 2.60 bits per heavy atom. The van der Waals surface area contributed by atoms with Crippen LogP contribution in [0.3, 0.4) is 0 Å². The Balaban J connectivity index is 3.17. The number of hydrogen-bond acceptors (Lipinski definition) is 2. The number of benzene rings is 1. The number of nitrogens with two attached hydrogens (primary N) is 1. The zero-order valence-electron chi connectivity index (χ0n) is 9.51. The van der Waals surface area contributed by atoms with Crippen LogP contribution in [0.1, 0.15) is 26.3 Å². The van der Waals surface area contributed by atoms with Gasteiger partial charge in [-0.1, -0.05) is 25.4 Å². The van der Waals surface area contributed by atoms with Crippen molar-refractivity contribution in [2.75, 3.05) is 13.2 Å². The van der Waals surface area contributed by atoms with Gasteiger partial charge in [-0.25, -0.2) is 0 Å². The van der Waals surface area contributed by atoms with Crippen molar-refractivity contribution in [2.45, 2.75) is 26.2 Å². The molecule has 0 fully saturated rings. The van der Waals surface area contributed by atoms with E-state index in [0.717, 1.165) is 16.3 Å². The normalized spacial score (nSPS) is 11.5. The predicted molar refractivity (Wildman–Crippen MR) is 64.7 cm³/mol. The molecular formula is C12H18ClNO. The van der Waals surface area contributed by atoms with E-state index in [1.54, 1.807) is 0 Å². The number of halogens is 1. The van der Waals surface area contributed by atoms with Crippen LogP contribution in [-0.2, 0) is 5.41 Å². The zero-order chi connectivity index (χ0) is 11.5. The fourth-order valence-electron chi connectivity index (χ4n) is 1.42. The molecule has 0 aliphatic carbocycles. The van der Waals surface area contributed by atoms with Crippen LogP contribution >= 0.6 is 11.6 Å². The van der Waals surface area contributed by atoms with Crippen molar-refractivity contribution < 1.29 is 4.74 Å². The molecule has 0 saturated heterocycles. The van der Waals surface area contributed by atoms with Crippen molar-refractivity contribution in [2.24, 2.45) is 5.73 Å². The van der Waals surface area contributed by atoms with E-state index in [0.29, 0.717) is 13.2 Å². The monoisotopic (exact) mass is 227 g/mol. The van der Waals surface area contributed by atoms with E-state index in [1.807, 2.05) is 25.1 Å².